The molecule has 664 valence electrons. The van der Waals surface area contributed by atoms with Gasteiger partial charge in [0.1, 0.15) is 138 Å². The minimum absolute atomic E-state index is 0.0297. The van der Waals surface area contributed by atoms with Crippen molar-refractivity contribution in [3.63, 3.8) is 0 Å². The fourth-order valence-corrected chi connectivity index (χ4v) is 18.3. The molecule has 0 unspecified atom stereocenters. The highest BCUT2D eigenvalue weighted by Crippen LogP contribution is 2.61. The summed E-state index contributed by atoms with van der Waals surface area (Å²) in [5.74, 6) is -18.6. The molecule has 0 spiro atoms. The smallest absolute Gasteiger partial charge is 0.335 e. The molecule has 0 atom stereocenters. The first-order valence-electron chi connectivity index (χ1n) is 41.9. The van der Waals surface area contributed by atoms with Crippen LogP contribution in [-0.4, -0.2) is 88.6 Å². The Balaban J connectivity index is 0.994. The first kappa shape index (κ1) is 82.2. The van der Waals surface area contributed by atoms with Crippen LogP contribution in [0.4, 0.5) is 0 Å². The zero-order chi connectivity index (χ0) is 91.4. The van der Waals surface area contributed by atoms with Crippen LogP contribution in [-0.2, 0) is 19.2 Å². The van der Waals surface area contributed by atoms with E-state index in [0.717, 1.165) is 0 Å². The molecule has 8 aliphatic heterocycles. The van der Waals surface area contributed by atoms with Gasteiger partial charge in [0.2, 0.25) is 0 Å². The Hall–Kier alpha value is -16.8. The third-order valence-corrected chi connectivity index (χ3v) is 24.8. The van der Waals surface area contributed by atoms with Gasteiger partial charge in [-0.2, -0.15) is 0 Å². The van der Waals surface area contributed by atoms with E-state index >= 15 is 0 Å². The summed E-state index contributed by atoms with van der Waals surface area (Å²) in [5, 5.41) is 89.3. The monoisotopic (exact) mass is 1780 g/mol. The van der Waals surface area contributed by atoms with Crippen molar-refractivity contribution in [3.05, 3.63) is 281 Å². The maximum absolute atomic E-state index is 13.7. The number of fused-ring (bicyclic) bond motifs is 16. The molecule has 132 heavy (non-hydrogen) atoms. The van der Waals surface area contributed by atoms with E-state index < -0.39 is 122 Å². The number of rotatable bonds is 16. The van der Waals surface area contributed by atoms with Gasteiger partial charge in [0.15, 0.2) is 0 Å². The van der Waals surface area contributed by atoms with E-state index in [0.29, 0.717) is 0 Å². The summed E-state index contributed by atoms with van der Waals surface area (Å²) in [6, 6.07) is 40.4. The first-order valence-corrected chi connectivity index (χ1v) is 41.9. The second-order valence-corrected chi connectivity index (χ2v) is 33.3. The van der Waals surface area contributed by atoms with Gasteiger partial charge in [-0.25, -0.2) is 19.2 Å². The van der Waals surface area contributed by atoms with Gasteiger partial charge >= 0.3 is 47.8 Å². The molecule has 32 nitrogen and oxygen atoms in total. The van der Waals surface area contributed by atoms with Crippen molar-refractivity contribution in [2.24, 2.45) is 0 Å². The van der Waals surface area contributed by atoms with Crippen LogP contribution in [0.15, 0.2) is 170 Å². The average molecular weight is 1790 g/mol. The molecule has 0 radical (unpaired) electrons. The fourth-order valence-electron chi connectivity index (χ4n) is 18.3. The Morgan fingerprint density at radius 2 is 0.356 bits per heavy atom. The highest BCUT2D eigenvalue weighted by atomic mass is 16.7. The summed E-state index contributed by atoms with van der Waals surface area (Å²) in [6.07, 6.45) is -10.7. The van der Waals surface area contributed by atoms with Gasteiger partial charge in [-0.3, -0.25) is 19.2 Å². The Bertz CT molecular complexity index is 5970. The van der Waals surface area contributed by atoms with Gasteiger partial charge in [-0.05, 0) is 175 Å². The number of hydrogen-bond donors (Lipinski definition) is 8. The molecule has 1 aliphatic carbocycles. The van der Waals surface area contributed by atoms with Crippen LogP contribution in [0.5, 0.6) is 138 Å². The molecule has 0 saturated heterocycles. The molecular formula is C100H72O32. The van der Waals surface area contributed by atoms with Gasteiger partial charge < -0.3 is 117 Å². The number of benzene rings is 12. The van der Waals surface area contributed by atoms with Gasteiger partial charge in [-0.1, -0.05) is 0 Å². The maximum Gasteiger partial charge on any atom is 0.335 e. The Morgan fingerprint density at radius 1 is 0.205 bits per heavy atom. The Labute approximate surface area is 746 Å². The predicted molar refractivity (Wildman–Crippen MR) is 456 cm³/mol. The summed E-state index contributed by atoms with van der Waals surface area (Å²) in [4.78, 5) is 110. The van der Waals surface area contributed by atoms with Gasteiger partial charge in [0.05, 0.1) is 22.3 Å². The molecule has 8 N–H and O–H groups in total. The number of carboxylic acids is 8. The van der Waals surface area contributed by atoms with E-state index in [1.165, 1.54) is 146 Å². The lowest BCUT2D eigenvalue weighted by Gasteiger charge is -2.38. The van der Waals surface area contributed by atoms with Crippen molar-refractivity contribution in [3.8, 4) is 138 Å². The SMILES string of the molecule is Cc1c2cc(C(=O)O)cc1Oc1cc3cc(c1)C1Oc4cc5c6cc4C(CCC(=O)O)c4cc7c(cc4O1)OC1Oc4cc8c(cc4C7CCC(=O)O)C(CCC(=O)O)c4cc(c7cc4OC(O8)c4cc(cc(c4)Oc4cc(C(=O)O)cc(c4C)Oc4cc(cc1c4)Oc1cc(C(=O)O)cc(c1C)O3)Oc1cc(C(=O)O)cc(c1C)Oc1cc(cc(c1)C(O5)O7)O2)C6CCC(=O)O. The van der Waals surface area contributed by atoms with Crippen LogP contribution in [0.1, 0.15) is 231 Å². The summed E-state index contributed by atoms with van der Waals surface area (Å²) in [5.41, 5.74) is 0.943. The van der Waals surface area contributed by atoms with Crippen molar-refractivity contribution in [2.75, 3.05) is 0 Å². The molecule has 0 aromatic heterocycles. The lowest BCUT2D eigenvalue weighted by Crippen LogP contribution is -2.26. The molecule has 32 heteroatoms. The number of carbonyl (C=O) groups is 8. The van der Waals surface area contributed by atoms with Gasteiger partial charge in [-0.15, -0.1) is 0 Å². The molecule has 40 bridgehead atoms. The van der Waals surface area contributed by atoms with E-state index in [1.807, 2.05) is 0 Å². The molecule has 21 rings (SSSR count). The number of carboxylic acid groups (broad SMARTS) is 8. The standard InChI is InChI=1S/C100H72O32/c1-41-73-21-45(93(109)110)22-74(41)118-54-14-50-16-56(30-54)120-76-24-47(95(113)114)26-78(43(76)3)122-58-18-52-20-60(32-58)124-80-28-48(96(115)116)27-79(44(80)4)123-59-19-51-17-57(31-59)121-77-25-46(94(111)112)23-75(42(77)2)119-55-15-49(13-53(29-55)117-73)97-125-81-37-82-66-33-65(81)61(5-9-89(101)102)67-34-69-63(7-11-91(105)106)71-36-72-64(8-12-92(107)108)70-35-68(62(66)6-10-90(103)104)84(128-98(50)126-82)39-86(70)130-100(52)132-88(72)40-87(71)131-99(51)129-85(69)38-83(67)127-97/h13-40,61-64,97-100H,5-12H2,1-4H3,(H,101,102)(H,103,104)(H,105,106)(H,107,108)(H,109,110)(H,111,112)(H,113,114)(H,115,116). The quantitative estimate of drug-likeness (QED) is 0.0445. The zero-order valence-corrected chi connectivity index (χ0v) is 69.8. The van der Waals surface area contributed by atoms with Crippen molar-refractivity contribution in [2.45, 2.75) is 128 Å². The Morgan fingerprint density at radius 3 is 0.492 bits per heavy atom. The normalized spacial score (nSPS) is 18.3. The van der Waals surface area contributed by atoms with Crippen LogP contribution < -0.4 is 75.8 Å². The van der Waals surface area contributed by atoms with E-state index in [1.54, 1.807) is 52.0 Å². The van der Waals surface area contributed by atoms with E-state index in [4.69, 9.17) is 75.8 Å². The van der Waals surface area contributed by atoms with Crippen LogP contribution in [0, 0.1) is 27.7 Å². The third-order valence-electron chi connectivity index (χ3n) is 24.8. The first-order chi connectivity index (χ1) is 63.4. The minimum Gasteiger partial charge on any atom is -0.481 e. The highest BCUT2D eigenvalue weighted by Gasteiger charge is 2.44. The second-order valence-electron chi connectivity index (χ2n) is 33.3. The molecular weight excluding hydrogens is 1710 g/mol. The average Bonchev–Trinajstić information content (AvgIpc) is 0.723. The minimum atomic E-state index is -1.82. The summed E-state index contributed by atoms with van der Waals surface area (Å²) >= 11 is 0. The van der Waals surface area contributed by atoms with Crippen LogP contribution in [0.3, 0.4) is 0 Å². The van der Waals surface area contributed by atoms with Crippen molar-refractivity contribution >= 4 is 47.8 Å². The highest BCUT2D eigenvalue weighted by molar-refractivity contribution is 5.92. The lowest BCUT2D eigenvalue weighted by atomic mass is 9.76. The van der Waals surface area contributed by atoms with Crippen molar-refractivity contribution < 1.29 is 155 Å². The van der Waals surface area contributed by atoms with Gasteiger partial charge in [0, 0.05) is 187 Å². The van der Waals surface area contributed by atoms with E-state index in [2.05, 4.69) is 0 Å². The van der Waals surface area contributed by atoms with Crippen molar-refractivity contribution in [1.29, 1.82) is 0 Å². The molecule has 0 saturated carbocycles. The van der Waals surface area contributed by atoms with Crippen LogP contribution in [0.25, 0.3) is 0 Å². The van der Waals surface area contributed by atoms with Gasteiger partial charge in [0.25, 0.3) is 25.2 Å². The molecule has 0 amide bonds. The van der Waals surface area contributed by atoms with Crippen LogP contribution >= 0.6 is 0 Å². The third kappa shape index (κ3) is 15.1. The number of aromatic carboxylic acids is 4. The summed E-state index contributed by atoms with van der Waals surface area (Å²) in [7, 11) is 0. The molecule has 8 heterocycles. The molecule has 9 aliphatic rings. The number of aliphatic carboxylic acids is 4. The predicted octanol–water partition coefficient (Wildman–Crippen LogP) is 21.5. The second kappa shape index (κ2) is 31.6. The summed E-state index contributed by atoms with van der Waals surface area (Å²) in [6.45, 7) is 6.31. The van der Waals surface area contributed by atoms with E-state index in [-0.39, 0.29) is 275 Å². The lowest BCUT2D eigenvalue weighted by molar-refractivity contribution is -0.138. The molecule has 12 aromatic rings. The fraction of sp³-hybridized carbons (Fsp3) is 0.200. The summed E-state index contributed by atoms with van der Waals surface area (Å²) < 4.78 is 116. The maximum atomic E-state index is 13.7. The molecule has 12 aromatic carbocycles. The zero-order valence-electron chi connectivity index (χ0n) is 69.8. The van der Waals surface area contributed by atoms with E-state index in [9.17, 15) is 79.2 Å². The number of ether oxygens (including phenoxy) is 16. The number of hydrogen-bond acceptors (Lipinski definition) is 24. The van der Waals surface area contributed by atoms with Crippen LogP contribution in [0.2, 0.25) is 0 Å². The Kier molecular flexibility index (Phi) is 19.7. The molecule has 0 fully saturated rings. The topological polar surface area (TPSA) is 446 Å². The largest absolute Gasteiger partial charge is 0.481 e. The van der Waals surface area contributed by atoms with Crippen molar-refractivity contribution in [1.82, 2.24) is 0 Å².